The van der Waals surface area contributed by atoms with Gasteiger partial charge in [-0.1, -0.05) is 0 Å². The van der Waals surface area contributed by atoms with Crippen LogP contribution in [0.25, 0.3) is 0 Å². The summed E-state index contributed by atoms with van der Waals surface area (Å²) in [7, 11) is 0. The van der Waals surface area contributed by atoms with Crippen molar-refractivity contribution >= 4 is 0 Å². The highest BCUT2D eigenvalue weighted by molar-refractivity contribution is 5.46. The Labute approximate surface area is 149 Å². The minimum absolute atomic E-state index is 0.0756. The molecule has 5 nitrogen and oxygen atoms in total. The highest BCUT2D eigenvalue weighted by Gasteiger charge is 2.30. The first-order valence-corrected chi connectivity index (χ1v) is 8.46. The van der Waals surface area contributed by atoms with Gasteiger partial charge in [0.1, 0.15) is 30.1 Å². The van der Waals surface area contributed by atoms with Crippen molar-refractivity contribution in [2.24, 2.45) is 0 Å². The van der Waals surface area contributed by atoms with Gasteiger partial charge in [-0.3, -0.25) is 0 Å². The summed E-state index contributed by atoms with van der Waals surface area (Å²) in [5.74, 6) is 0.721. The van der Waals surface area contributed by atoms with E-state index >= 15 is 0 Å². The monoisotopic (exact) mass is 363 g/mol. The van der Waals surface area contributed by atoms with Crippen molar-refractivity contribution in [3.05, 3.63) is 53.6 Å². The molecule has 3 atom stereocenters. The molecule has 1 saturated heterocycles. The van der Waals surface area contributed by atoms with Crippen molar-refractivity contribution in [1.82, 2.24) is 5.32 Å². The summed E-state index contributed by atoms with van der Waals surface area (Å²) >= 11 is 0. The second kappa shape index (κ2) is 7.09. The van der Waals surface area contributed by atoms with Crippen LogP contribution in [-0.4, -0.2) is 32.1 Å². The molecule has 0 aliphatic carbocycles. The minimum atomic E-state index is -0.618. The van der Waals surface area contributed by atoms with Gasteiger partial charge < -0.3 is 24.3 Å². The molecular weight excluding hydrogens is 344 g/mol. The molecule has 7 heteroatoms. The molecule has 0 saturated carbocycles. The summed E-state index contributed by atoms with van der Waals surface area (Å²) < 4.78 is 49.6. The first kappa shape index (κ1) is 17.1. The number of rotatable bonds is 4. The van der Waals surface area contributed by atoms with Gasteiger partial charge in [0.2, 0.25) is 6.79 Å². The maximum Gasteiger partial charge on any atom is 0.231 e. The van der Waals surface area contributed by atoms with Crippen LogP contribution in [0.5, 0.6) is 17.2 Å². The Morgan fingerprint density at radius 1 is 1.12 bits per heavy atom. The Kier molecular flexibility index (Phi) is 4.65. The molecule has 138 valence electrons. The number of nitrogens with one attached hydrogen (secondary N) is 1. The Bertz CT molecular complexity index is 781. The zero-order valence-electron chi connectivity index (χ0n) is 14.2. The molecule has 1 N–H and O–H groups in total. The summed E-state index contributed by atoms with van der Waals surface area (Å²) in [6.45, 7) is 2.93. The maximum absolute atomic E-state index is 13.5. The highest BCUT2D eigenvalue weighted by Crippen LogP contribution is 2.35. The fraction of sp³-hybridized carbons (Fsp3) is 0.368. The summed E-state index contributed by atoms with van der Waals surface area (Å²) in [5.41, 5.74) is 0.465. The Morgan fingerprint density at radius 2 is 1.92 bits per heavy atom. The number of hydrogen-bond acceptors (Lipinski definition) is 5. The first-order valence-electron chi connectivity index (χ1n) is 8.46. The molecule has 0 spiro atoms. The maximum atomic E-state index is 13.5. The average Bonchev–Trinajstić information content (AvgIpc) is 2.62. The van der Waals surface area contributed by atoms with Crippen LogP contribution in [-0.2, 0) is 4.74 Å². The molecule has 2 aliphatic heterocycles. The number of morpholine rings is 1. The molecule has 2 bridgehead atoms. The average molecular weight is 363 g/mol. The highest BCUT2D eigenvalue weighted by atomic mass is 19.1. The summed E-state index contributed by atoms with van der Waals surface area (Å²) in [6, 6.07) is 8.72. The Hall–Kier alpha value is -2.38. The lowest BCUT2D eigenvalue weighted by atomic mass is 10.0. The predicted octanol–water partition coefficient (Wildman–Crippen LogP) is 3.19. The minimum Gasteiger partial charge on any atom is -0.487 e. The SMILES string of the molecule is C[C@@H]1NC[C@@H](COc2ccc3cc2OCO3)O[C@@H]1c1cc(F)cc(F)c1. The number of halogens is 2. The van der Waals surface area contributed by atoms with Gasteiger partial charge >= 0.3 is 0 Å². The Morgan fingerprint density at radius 3 is 2.73 bits per heavy atom. The predicted molar refractivity (Wildman–Crippen MR) is 89.5 cm³/mol. The third kappa shape index (κ3) is 3.59. The molecule has 2 aliphatic rings. The fourth-order valence-electron chi connectivity index (χ4n) is 3.16. The van der Waals surface area contributed by atoms with Gasteiger partial charge in [-0.25, -0.2) is 8.78 Å². The standard InChI is InChI=1S/C19H19F2NO4/c1-11-19(12-4-13(20)6-14(21)5-12)26-16(8-22-11)9-23-17-3-2-15-7-18(17)25-10-24-15/h2-7,11,16,19,22H,8-10H2,1H3/t11-,16-,19-/m0/s1. The van der Waals surface area contributed by atoms with Crippen molar-refractivity contribution in [3.63, 3.8) is 0 Å². The van der Waals surface area contributed by atoms with Crippen LogP contribution in [0.1, 0.15) is 18.6 Å². The molecule has 4 rings (SSSR count). The molecule has 0 radical (unpaired) electrons. The fourth-order valence-corrected chi connectivity index (χ4v) is 3.16. The van der Waals surface area contributed by atoms with Crippen LogP contribution in [0.4, 0.5) is 8.78 Å². The van der Waals surface area contributed by atoms with Crippen LogP contribution < -0.4 is 19.5 Å². The van der Waals surface area contributed by atoms with Crippen LogP contribution in [0.3, 0.4) is 0 Å². The van der Waals surface area contributed by atoms with Gasteiger partial charge in [-0.2, -0.15) is 0 Å². The molecule has 1 fully saturated rings. The largest absolute Gasteiger partial charge is 0.487 e. The van der Waals surface area contributed by atoms with E-state index in [2.05, 4.69) is 5.32 Å². The van der Waals surface area contributed by atoms with Crippen molar-refractivity contribution in [2.45, 2.75) is 25.2 Å². The van der Waals surface area contributed by atoms with Gasteiger partial charge in [0, 0.05) is 24.7 Å². The van der Waals surface area contributed by atoms with Gasteiger partial charge in [-0.15, -0.1) is 0 Å². The van der Waals surface area contributed by atoms with Gasteiger partial charge in [0.05, 0.1) is 6.10 Å². The van der Waals surface area contributed by atoms with Gasteiger partial charge in [-0.05, 0) is 36.8 Å². The topological polar surface area (TPSA) is 49.0 Å². The summed E-state index contributed by atoms with van der Waals surface area (Å²) in [5, 5.41) is 3.30. The van der Waals surface area contributed by atoms with E-state index in [4.69, 9.17) is 18.9 Å². The van der Waals surface area contributed by atoms with Gasteiger partial charge in [0.15, 0.2) is 11.5 Å². The zero-order chi connectivity index (χ0) is 18.1. The number of benzene rings is 2. The quantitative estimate of drug-likeness (QED) is 0.904. The van der Waals surface area contributed by atoms with Crippen molar-refractivity contribution in [1.29, 1.82) is 0 Å². The van der Waals surface area contributed by atoms with E-state index in [1.165, 1.54) is 12.1 Å². The number of fused-ring (bicyclic) bond motifs is 2. The Balaban J connectivity index is 1.43. The van der Waals surface area contributed by atoms with Crippen LogP contribution in [0.15, 0.2) is 36.4 Å². The summed E-state index contributed by atoms with van der Waals surface area (Å²) in [6.07, 6.45) is -0.734. The third-order valence-electron chi connectivity index (χ3n) is 4.45. The molecule has 26 heavy (non-hydrogen) atoms. The molecule has 2 aromatic rings. The molecule has 2 aromatic carbocycles. The van der Waals surface area contributed by atoms with E-state index in [1.54, 1.807) is 12.1 Å². The normalized spacial score (nSPS) is 24.5. The van der Waals surface area contributed by atoms with E-state index in [-0.39, 0.29) is 25.5 Å². The van der Waals surface area contributed by atoms with Crippen LogP contribution in [0.2, 0.25) is 0 Å². The van der Waals surface area contributed by atoms with Gasteiger partial charge in [0.25, 0.3) is 0 Å². The lowest BCUT2D eigenvalue weighted by Gasteiger charge is -2.36. The van der Waals surface area contributed by atoms with Crippen molar-refractivity contribution < 1.29 is 27.7 Å². The molecule has 0 amide bonds. The zero-order valence-corrected chi connectivity index (χ0v) is 14.2. The first-order chi connectivity index (χ1) is 12.6. The van der Waals surface area contributed by atoms with E-state index in [1.807, 2.05) is 13.0 Å². The molecule has 2 heterocycles. The lowest BCUT2D eigenvalue weighted by molar-refractivity contribution is -0.0777. The molecule has 0 aromatic heterocycles. The van der Waals surface area contributed by atoms with Crippen LogP contribution >= 0.6 is 0 Å². The van der Waals surface area contributed by atoms with E-state index in [0.29, 0.717) is 23.6 Å². The second-order valence-corrected chi connectivity index (χ2v) is 6.40. The number of ether oxygens (including phenoxy) is 4. The van der Waals surface area contributed by atoms with E-state index in [0.717, 1.165) is 11.8 Å². The van der Waals surface area contributed by atoms with E-state index in [9.17, 15) is 8.78 Å². The van der Waals surface area contributed by atoms with Crippen molar-refractivity contribution in [3.8, 4) is 17.2 Å². The molecule has 0 unspecified atom stereocenters. The lowest BCUT2D eigenvalue weighted by Crippen LogP contribution is -2.48. The van der Waals surface area contributed by atoms with Crippen LogP contribution in [0, 0.1) is 11.6 Å². The van der Waals surface area contributed by atoms with Crippen molar-refractivity contribution in [2.75, 3.05) is 19.9 Å². The number of hydrogen-bond donors (Lipinski definition) is 1. The summed E-state index contributed by atoms with van der Waals surface area (Å²) in [4.78, 5) is 0. The van der Waals surface area contributed by atoms with E-state index < -0.39 is 17.7 Å². The molecular formula is C19H19F2NO4. The second-order valence-electron chi connectivity index (χ2n) is 6.40. The smallest absolute Gasteiger partial charge is 0.231 e. The third-order valence-corrected chi connectivity index (χ3v) is 4.45.